The van der Waals surface area contributed by atoms with E-state index >= 15 is 0 Å². The second-order valence-corrected chi connectivity index (χ2v) is 6.10. The molecule has 124 valence electrons. The predicted molar refractivity (Wildman–Crippen MR) is 93.4 cm³/mol. The highest BCUT2D eigenvalue weighted by molar-refractivity contribution is 7.13. The van der Waals surface area contributed by atoms with Gasteiger partial charge in [-0.1, -0.05) is 30.3 Å². The van der Waals surface area contributed by atoms with Crippen molar-refractivity contribution in [3.63, 3.8) is 0 Å². The van der Waals surface area contributed by atoms with Crippen molar-refractivity contribution in [2.45, 2.75) is 6.54 Å². The lowest BCUT2D eigenvalue weighted by molar-refractivity contribution is -0.117. The average Bonchev–Trinajstić information content (AvgIpc) is 3.28. The zero-order chi connectivity index (χ0) is 17.2. The van der Waals surface area contributed by atoms with Crippen molar-refractivity contribution in [3.05, 3.63) is 64.7 Å². The molecule has 8 nitrogen and oxygen atoms in total. The van der Waals surface area contributed by atoms with Crippen LogP contribution in [0.25, 0.3) is 16.8 Å². The first-order chi connectivity index (χ1) is 12.2. The second-order valence-electron chi connectivity index (χ2n) is 5.20. The Kier molecular flexibility index (Phi) is 3.82. The molecule has 0 radical (unpaired) electrons. The average molecular weight is 352 g/mol. The maximum atomic E-state index is 12.6. The van der Waals surface area contributed by atoms with E-state index in [1.165, 1.54) is 22.2 Å². The van der Waals surface area contributed by atoms with Gasteiger partial charge < -0.3 is 5.32 Å². The third kappa shape index (κ3) is 3.04. The number of nitrogens with one attached hydrogen (secondary N) is 1. The molecule has 0 saturated carbocycles. The molecule has 0 aliphatic carbocycles. The molecule has 0 atom stereocenters. The van der Waals surface area contributed by atoms with Crippen LogP contribution in [0.2, 0.25) is 0 Å². The Morgan fingerprint density at radius 3 is 2.84 bits per heavy atom. The number of amides is 1. The van der Waals surface area contributed by atoms with Crippen LogP contribution in [0.15, 0.2) is 59.1 Å². The van der Waals surface area contributed by atoms with E-state index < -0.39 is 0 Å². The topological polar surface area (TPSA) is 94.2 Å². The summed E-state index contributed by atoms with van der Waals surface area (Å²) in [7, 11) is 0. The minimum absolute atomic E-state index is 0.194. The highest BCUT2D eigenvalue weighted by Gasteiger charge is 2.12. The number of carbonyl (C=O) groups is 1. The van der Waals surface area contributed by atoms with Crippen molar-refractivity contribution in [3.8, 4) is 11.3 Å². The lowest BCUT2D eigenvalue weighted by Gasteiger charge is -2.04. The van der Waals surface area contributed by atoms with Crippen LogP contribution in [0, 0.1) is 0 Å². The van der Waals surface area contributed by atoms with E-state index in [1.807, 2.05) is 30.3 Å². The van der Waals surface area contributed by atoms with Gasteiger partial charge in [-0.2, -0.15) is 10.2 Å². The highest BCUT2D eigenvalue weighted by Crippen LogP contribution is 2.17. The van der Waals surface area contributed by atoms with E-state index in [0.717, 1.165) is 10.2 Å². The third-order valence-electron chi connectivity index (χ3n) is 3.53. The number of hydrogen-bond donors (Lipinski definition) is 1. The van der Waals surface area contributed by atoms with Gasteiger partial charge in [-0.3, -0.25) is 9.59 Å². The van der Waals surface area contributed by atoms with Crippen LogP contribution < -0.4 is 10.9 Å². The molecule has 1 N–H and O–H groups in total. The zero-order valence-electron chi connectivity index (χ0n) is 12.9. The van der Waals surface area contributed by atoms with Crippen molar-refractivity contribution in [2.24, 2.45) is 0 Å². The number of fused-ring (bicyclic) bond motifs is 1. The summed E-state index contributed by atoms with van der Waals surface area (Å²) >= 11 is 1.30. The van der Waals surface area contributed by atoms with Crippen LogP contribution in [-0.2, 0) is 11.3 Å². The zero-order valence-corrected chi connectivity index (χ0v) is 13.7. The van der Waals surface area contributed by atoms with Gasteiger partial charge in [0.15, 0.2) is 5.13 Å². The summed E-state index contributed by atoms with van der Waals surface area (Å²) in [4.78, 5) is 28.6. The third-order valence-corrected chi connectivity index (χ3v) is 4.22. The lowest BCUT2D eigenvalue weighted by atomic mass is 10.1. The van der Waals surface area contributed by atoms with Crippen molar-refractivity contribution in [1.82, 2.24) is 24.4 Å². The fourth-order valence-corrected chi connectivity index (χ4v) is 2.93. The highest BCUT2D eigenvalue weighted by atomic mass is 32.1. The van der Waals surface area contributed by atoms with Gasteiger partial charge in [0.05, 0.1) is 5.69 Å². The van der Waals surface area contributed by atoms with Crippen LogP contribution in [0.5, 0.6) is 0 Å². The molecule has 3 aromatic heterocycles. The van der Waals surface area contributed by atoms with Gasteiger partial charge in [-0.15, -0.1) is 11.3 Å². The van der Waals surface area contributed by atoms with Gasteiger partial charge in [-0.25, -0.2) is 14.2 Å². The maximum Gasteiger partial charge on any atom is 0.293 e. The van der Waals surface area contributed by atoms with E-state index in [4.69, 9.17) is 0 Å². The first-order valence-electron chi connectivity index (χ1n) is 7.41. The predicted octanol–water partition coefficient (Wildman–Crippen LogP) is 1.65. The Bertz CT molecular complexity index is 1080. The van der Waals surface area contributed by atoms with Gasteiger partial charge >= 0.3 is 0 Å². The van der Waals surface area contributed by atoms with Crippen molar-refractivity contribution >= 4 is 27.9 Å². The normalized spacial score (nSPS) is 10.9. The summed E-state index contributed by atoms with van der Waals surface area (Å²) in [6, 6.07) is 11.2. The fourth-order valence-electron chi connectivity index (χ4n) is 2.38. The number of rotatable bonds is 4. The minimum Gasteiger partial charge on any atom is -0.300 e. The molecule has 0 unspecified atom stereocenters. The minimum atomic E-state index is -0.383. The molecule has 25 heavy (non-hydrogen) atoms. The van der Waals surface area contributed by atoms with Crippen molar-refractivity contribution < 1.29 is 4.79 Å². The van der Waals surface area contributed by atoms with Crippen LogP contribution >= 0.6 is 11.3 Å². The first kappa shape index (κ1) is 15.2. The van der Waals surface area contributed by atoms with Crippen LogP contribution in [-0.4, -0.2) is 30.3 Å². The number of aromatic nitrogens is 5. The SMILES string of the molecule is O=C(Cn1ncn2nc(-c3ccccc3)cc2c1=O)Nc1nccs1. The van der Waals surface area contributed by atoms with E-state index in [1.54, 1.807) is 17.6 Å². The summed E-state index contributed by atoms with van der Waals surface area (Å²) in [5.41, 5.74) is 1.55. The van der Waals surface area contributed by atoms with Gasteiger partial charge in [0.1, 0.15) is 18.4 Å². The molecule has 4 rings (SSSR count). The second kappa shape index (κ2) is 6.29. The Hall–Kier alpha value is -3.33. The molecular weight excluding hydrogens is 340 g/mol. The molecule has 1 aromatic carbocycles. The Labute approximate surface area is 145 Å². The molecule has 0 spiro atoms. The first-order valence-corrected chi connectivity index (χ1v) is 8.29. The molecule has 0 bridgehead atoms. The number of thiazole rings is 1. The molecule has 0 saturated heterocycles. The van der Waals surface area contributed by atoms with E-state index in [9.17, 15) is 9.59 Å². The Morgan fingerprint density at radius 1 is 1.24 bits per heavy atom. The lowest BCUT2D eigenvalue weighted by Crippen LogP contribution is -2.30. The molecule has 3 heterocycles. The summed E-state index contributed by atoms with van der Waals surface area (Å²) in [6.07, 6.45) is 3.01. The molecule has 9 heteroatoms. The molecule has 4 aromatic rings. The summed E-state index contributed by atoms with van der Waals surface area (Å²) in [6.45, 7) is -0.194. The number of hydrogen-bond acceptors (Lipinski definition) is 6. The fraction of sp³-hybridized carbons (Fsp3) is 0.0625. The van der Waals surface area contributed by atoms with Gasteiger partial charge in [0.25, 0.3) is 5.56 Å². The van der Waals surface area contributed by atoms with Gasteiger partial charge in [-0.05, 0) is 6.07 Å². The molecule has 0 aliphatic rings. The monoisotopic (exact) mass is 352 g/mol. The summed E-state index contributed by atoms with van der Waals surface area (Å²) in [5.74, 6) is -0.364. The van der Waals surface area contributed by atoms with Crippen molar-refractivity contribution in [1.29, 1.82) is 0 Å². The van der Waals surface area contributed by atoms with Gasteiger partial charge in [0, 0.05) is 17.1 Å². The summed E-state index contributed by atoms with van der Waals surface area (Å²) in [5, 5.41) is 13.2. The maximum absolute atomic E-state index is 12.6. The van der Waals surface area contributed by atoms with Gasteiger partial charge in [0.2, 0.25) is 5.91 Å². The van der Waals surface area contributed by atoms with Crippen LogP contribution in [0.3, 0.4) is 0 Å². The standard InChI is InChI=1S/C16H12N6O2S/c23-14(19-16-17-6-7-25-16)9-21-15(24)13-8-12(20-22(13)10-18-21)11-4-2-1-3-5-11/h1-8,10H,9H2,(H,17,19,23). The van der Waals surface area contributed by atoms with Crippen molar-refractivity contribution in [2.75, 3.05) is 5.32 Å². The number of carbonyl (C=O) groups excluding carboxylic acids is 1. The quantitative estimate of drug-likeness (QED) is 0.603. The number of anilines is 1. The smallest absolute Gasteiger partial charge is 0.293 e. The molecule has 0 fully saturated rings. The number of nitrogens with zero attached hydrogens (tertiary/aromatic N) is 5. The Morgan fingerprint density at radius 2 is 2.08 bits per heavy atom. The van der Waals surface area contributed by atoms with E-state index in [0.29, 0.717) is 16.3 Å². The summed E-state index contributed by atoms with van der Waals surface area (Å²) < 4.78 is 2.52. The molecular formula is C16H12N6O2S. The molecule has 0 aliphatic heterocycles. The number of benzene rings is 1. The van der Waals surface area contributed by atoms with Crippen LogP contribution in [0.4, 0.5) is 5.13 Å². The van der Waals surface area contributed by atoms with E-state index in [2.05, 4.69) is 20.5 Å². The van der Waals surface area contributed by atoms with Crippen LogP contribution in [0.1, 0.15) is 0 Å². The Balaban J connectivity index is 1.64. The van der Waals surface area contributed by atoms with E-state index in [-0.39, 0.29) is 18.0 Å². The largest absolute Gasteiger partial charge is 0.300 e. The molecule has 1 amide bonds.